The minimum absolute atomic E-state index is 0.0430. The fourth-order valence-corrected chi connectivity index (χ4v) is 1.88. The third-order valence-corrected chi connectivity index (χ3v) is 3.13. The lowest BCUT2D eigenvalue weighted by molar-refractivity contribution is -0.119. The van der Waals surface area contributed by atoms with E-state index in [1.807, 2.05) is 13.8 Å². The first-order valence-electron chi connectivity index (χ1n) is 6.38. The molecule has 0 saturated heterocycles. The number of nitrogens with two attached hydrogens (primary N) is 1. The topological polar surface area (TPSA) is 46.3 Å². The van der Waals surface area contributed by atoms with E-state index in [9.17, 15) is 9.18 Å². The molecular formula is C14H21FN2O. The van der Waals surface area contributed by atoms with Gasteiger partial charge in [-0.25, -0.2) is 4.39 Å². The first-order valence-corrected chi connectivity index (χ1v) is 6.38. The zero-order valence-electron chi connectivity index (χ0n) is 11.0. The highest BCUT2D eigenvalue weighted by Gasteiger charge is 2.17. The van der Waals surface area contributed by atoms with Crippen molar-refractivity contribution >= 4 is 11.6 Å². The second-order valence-electron chi connectivity index (χ2n) is 4.33. The first kappa shape index (κ1) is 14.6. The molecule has 100 valence electrons. The third-order valence-electron chi connectivity index (χ3n) is 3.13. The standard InChI is InChI=1S/C14H21FN2O/c1-3-11(10-16)9-14(18)17(4-2)13-7-5-12(15)6-8-13/h5-8,11H,3-4,9-10,16H2,1-2H3. The predicted octanol–water partition coefficient (Wildman–Crippen LogP) is 2.55. The molecule has 0 aliphatic carbocycles. The van der Waals surface area contributed by atoms with Crippen LogP contribution in [0.5, 0.6) is 0 Å². The summed E-state index contributed by atoms with van der Waals surface area (Å²) >= 11 is 0. The van der Waals surface area contributed by atoms with Gasteiger partial charge in [0.05, 0.1) is 0 Å². The summed E-state index contributed by atoms with van der Waals surface area (Å²) in [6.07, 6.45) is 1.33. The van der Waals surface area contributed by atoms with Crippen molar-refractivity contribution in [1.82, 2.24) is 0 Å². The Hall–Kier alpha value is -1.42. The predicted molar refractivity (Wildman–Crippen MR) is 71.9 cm³/mol. The van der Waals surface area contributed by atoms with Crippen molar-refractivity contribution in [2.45, 2.75) is 26.7 Å². The van der Waals surface area contributed by atoms with E-state index in [0.29, 0.717) is 19.5 Å². The number of nitrogens with zero attached hydrogens (tertiary/aromatic N) is 1. The Morgan fingerprint density at radius 3 is 2.39 bits per heavy atom. The van der Waals surface area contributed by atoms with E-state index in [-0.39, 0.29) is 17.6 Å². The quantitative estimate of drug-likeness (QED) is 0.845. The number of carbonyl (C=O) groups is 1. The SMILES string of the molecule is CCC(CN)CC(=O)N(CC)c1ccc(F)cc1. The van der Waals surface area contributed by atoms with Gasteiger partial charge in [0.1, 0.15) is 5.82 Å². The molecule has 0 aliphatic rings. The molecule has 0 heterocycles. The van der Waals surface area contributed by atoms with Crippen molar-refractivity contribution in [3.63, 3.8) is 0 Å². The van der Waals surface area contributed by atoms with E-state index < -0.39 is 0 Å². The summed E-state index contributed by atoms with van der Waals surface area (Å²) in [6, 6.07) is 5.98. The molecule has 1 unspecified atom stereocenters. The molecule has 1 aromatic rings. The molecule has 1 amide bonds. The Labute approximate surface area is 108 Å². The molecule has 1 aromatic carbocycles. The van der Waals surface area contributed by atoms with Gasteiger partial charge in [-0.2, -0.15) is 0 Å². The van der Waals surface area contributed by atoms with Crippen molar-refractivity contribution in [2.24, 2.45) is 11.7 Å². The highest BCUT2D eigenvalue weighted by molar-refractivity contribution is 5.93. The maximum absolute atomic E-state index is 12.9. The number of halogens is 1. The molecule has 1 rings (SSSR count). The number of carbonyl (C=O) groups excluding carboxylic acids is 1. The van der Waals surface area contributed by atoms with Crippen LogP contribution in [-0.2, 0) is 4.79 Å². The highest BCUT2D eigenvalue weighted by atomic mass is 19.1. The van der Waals surface area contributed by atoms with Gasteiger partial charge in [0, 0.05) is 18.7 Å². The average Bonchev–Trinajstić information content (AvgIpc) is 2.39. The van der Waals surface area contributed by atoms with E-state index in [1.165, 1.54) is 12.1 Å². The van der Waals surface area contributed by atoms with Gasteiger partial charge in [-0.3, -0.25) is 4.79 Å². The fourth-order valence-electron chi connectivity index (χ4n) is 1.88. The Bertz CT molecular complexity index is 374. The fraction of sp³-hybridized carbons (Fsp3) is 0.500. The van der Waals surface area contributed by atoms with E-state index in [0.717, 1.165) is 12.1 Å². The van der Waals surface area contributed by atoms with Crippen LogP contribution in [0.2, 0.25) is 0 Å². The Morgan fingerprint density at radius 1 is 1.33 bits per heavy atom. The normalized spacial score (nSPS) is 12.2. The molecule has 1 atom stereocenters. The molecule has 18 heavy (non-hydrogen) atoms. The Kier molecular flexibility index (Phi) is 5.78. The van der Waals surface area contributed by atoms with Crippen LogP contribution in [0.25, 0.3) is 0 Å². The van der Waals surface area contributed by atoms with Crippen LogP contribution in [0.1, 0.15) is 26.7 Å². The van der Waals surface area contributed by atoms with Crippen LogP contribution in [0.3, 0.4) is 0 Å². The molecule has 0 bridgehead atoms. The number of anilines is 1. The molecule has 0 radical (unpaired) electrons. The van der Waals surface area contributed by atoms with Gasteiger partial charge in [0.25, 0.3) is 0 Å². The van der Waals surface area contributed by atoms with Crippen LogP contribution in [0, 0.1) is 11.7 Å². The van der Waals surface area contributed by atoms with Crippen LogP contribution in [0.15, 0.2) is 24.3 Å². The molecule has 0 saturated carbocycles. The summed E-state index contributed by atoms with van der Waals surface area (Å²) in [4.78, 5) is 13.8. The molecule has 0 fully saturated rings. The number of hydrogen-bond donors (Lipinski definition) is 1. The highest BCUT2D eigenvalue weighted by Crippen LogP contribution is 2.18. The molecule has 0 spiro atoms. The molecule has 2 N–H and O–H groups in total. The Morgan fingerprint density at radius 2 is 1.94 bits per heavy atom. The van der Waals surface area contributed by atoms with Gasteiger partial charge in [-0.15, -0.1) is 0 Å². The van der Waals surface area contributed by atoms with Crippen molar-refractivity contribution in [3.05, 3.63) is 30.1 Å². The summed E-state index contributed by atoms with van der Waals surface area (Å²) in [5, 5.41) is 0. The maximum Gasteiger partial charge on any atom is 0.227 e. The van der Waals surface area contributed by atoms with Crippen molar-refractivity contribution in [3.8, 4) is 0 Å². The summed E-state index contributed by atoms with van der Waals surface area (Å²) in [5.74, 6) is -0.0379. The second kappa shape index (κ2) is 7.11. The molecule has 0 aromatic heterocycles. The molecule has 3 nitrogen and oxygen atoms in total. The van der Waals surface area contributed by atoms with Crippen molar-refractivity contribution in [1.29, 1.82) is 0 Å². The van der Waals surface area contributed by atoms with E-state index in [4.69, 9.17) is 5.73 Å². The molecule has 4 heteroatoms. The van der Waals surface area contributed by atoms with Crippen LogP contribution in [-0.4, -0.2) is 19.0 Å². The second-order valence-corrected chi connectivity index (χ2v) is 4.33. The largest absolute Gasteiger partial charge is 0.330 e. The van der Waals surface area contributed by atoms with Gasteiger partial charge in [0.2, 0.25) is 5.91 Å². The summed E-state index contributed by atoms with van der Waals surface area (Å²) in [5.41, 5.74) is 6.34. The van der Waals surface area contributed by atoms with Crippen molar-refractivity contribution in [2.75, 3.05) is 18.0 Å². The van der Waals surface area contributed by atoms with Crippen LogP contribution in [0.4, 0.5) is 10.1 Å². The number of hydrogen-bond acceptors (Lipinski definition) is 2. The maximum atomic E-state index is 12.9. The van der Waals surface area contributed by atoms with Crippen molar-refractivity contribution < 1.29 is 9.18 Å². The summed E-state index contributed by atoms with van der Waals surface area (Å²) in [6.45, 7) is 5.03. The smallest absolute Gasteiger partial charge is 0.227 e. The molecule has 0 aliphatic heterocycles. The lowest BCUT2D eigenvalue weighted by Crippen LogP contribution is -2.33. The van der Waals surface area contributed by atoms with Crippen LogP contribution >= 0.6 is 0 Å². The minimum Gasteiger partial charge on any atom is -0.330 e. The van der Waals surface area contributed by atoms with E-state index in [1.54, 1.807) is 17.0 Å². The van der Waals surface area contributed by atoms with Crippen LogP contribution < -0.4 is 10.6 Å². The lowest BCUT2D eigenvalue weighted by atomic mass is 10.0. The Balaban J connectivity index is 2.76. The summed E-state index contributed by atoms with van der Waals surface area (Å²) < 4.78 is 12.9. The van der Waals surface area contributed by atoms with Gasteiger partial charge in [0.15, 0.2) is 0 Å². The first-order chi connectivity index (χ1) is 8.62. The number of amides is 1. The number of rotatable bonds is 6. The zero-order chi connectivity index (χ0) is 13.5. The molecular weight excluding hydrogens is 231 g/mol. The lowest BCUT2D eigenvalue weighted by Gasteiger charge is -2.23. The van der Waals surface area contributed by atoms with Gasteiger partial charge in [-0.1, -0.05) is 13.3 Å². The summed E-state index contributed by atoms with van der Waals surface area (Å²) in [7, 11) is 0. The number of benzene rings is 1. The van der Waals surface area contributed by atoms with Gasteiger partial charge in [-0.05, 0) is 43.7 Å². The average molecular weight is 252 g/mol. The third kappa shape index (κ3) is 3.81. The monoisotopic (exact) mass is 252 g/mol. The van der Waals surface area contributed by atoms with E-state index >= 15 is 0 Å². The van der Waals surface area contributed by atoms with E-state index in [2.05, 4.69) is 0 Å². The van der Waals surface area contributed by atoms with Gasteiger partial charge < -0.3 is 10.6 Å². The zero-order valence-corrected chi connectivity index (χ0v) is 11.0. The minimum atomic E-state index is -0.296. The van der Waals surface area contributed by atoms with Gasteiger partial charge >= 0.3 is 0 Å².